The Labute approximate surface area is 248 Å². The van der Waals surface area contributed by atoms with Gasteiger partial charge in [0.15, 0.2) is 0 Å². The zero-order valence-corrected chi connectivity index (χ0v) is 25.4. The van der Waals surface area contributed by atoms with Crippen LogP contribution in [-0.2, 0) is 26.2 Å². The summed E-state index contributed by atoms with van der Waals surface area (Å²) in [6, 6.07) is 19.9. The van der Waals surface area contributed by atoms with Crippen molar-refractivity contribution in [2.24, 2.45) is 0 Å². The van der Waals surface area contributed by atoms with Gasteiger partial charge in [-0.1, -0.05) is 78.9 Å². The minimum Gasteiger partial charge on any atom is -0.352 e. The summed E-state index contributed by atoms with van der Waals surface area (Å²) in [5, 5.41) is 3.54. The Bertz CT molecular complexity index is 1470. The number of halogens is 1. The molecule has 0 spiro atoms. The molecule has 1 aliphatic carbocycles. The van der Waals surface area contributed by atoms with Crippen molar-refractivity contribution in [3.05, 3.63) is 94.5 Å². The van der Waals surface area contributed by atoms with E-state index in [0.717, 1.165) is 47.5 Å². The van der Waals surface area contributed by atoms with Gasteiger partial charge in [0.05, 0.1) is 10.6 Å². The molecule has 2 amide bonds. The summed E-state index contributed by atoms with van der Waals surface area (Å²) in [6.45, 7) is 5.17. The summed E-state index contributed by atoms with van der Waals surface area (Å²) in [5.74, 6) is -0.709. The topological polar surface area (TPSA) is 86.8 Å². The smallest absolute Gasteiger partial charge is 0.264 e. The van der Waals surface area contributed by atoms with E-state index in [1.807, 2.05) is 37.3 Å². The molecule has 3 aromatic carbocycles. The molecule has 9 heteroatoms. The van der Waals surface area contributed by atoms with Crippen LogP contribution in [-0.4, -0.2) is 43.8 Å². The maximum absolute atomic E-state index is 14.1. The van der Waals surface area contributed by atoms with Gasteiger partial charge in [0, 0.05) is 17.6 Å². The van der Waals surface area contributed by atoms with Crippen LogP contribution in [0.1, 0.15) is 55.7 Å². The average Bonchev–Trinajstić information content (AvgIpc) is 2.95. The van der Waals surface area contributed by atoms with Crippen molar-refractivity contribution in [1.82, 2.24) is 10.2 Å². The van der Waals surface area contributed by atoms with Gasteiger partial charge in [-0.3, -0.25) is 13.9 Å². The Balaban J connectivity index is 1.68. The molecule has 1 saturated carbocycles. The van der Waals surface area contributed by atoms with E-state index < -0.39 is 28.5 Å². The number of carbonyl (C=O) groups is 2. The lowest BCUT2D eigenvalue weighted by atomic mass is 9.95. The van der Waals surface area contributed by atoms with Crippen molar-refractivity contribution in [3.8, 4) is 0 Å². The summed E-state index contributed by atoms with van der Waals surface area (Å²) >= 11 is 6.02. The molecule has 0 unspecified atom stereocenters. The number of amides is 2. The van der Waals surface area contributed by atoms with E-state index in [9.17, 15) is 18.0 Å². The lowest BCUT2D eigenvalue weighted by Gasteiger charge is -2.33. The third kappa shape index (κ3) is 7.68. The van der Waals surface area contributed by atoms with Crippen LogP contribution in [0.5, 0.6) is 0 Å². The highest BCUT2D eigenvalue weighted by Gasteiger charge is 2.33. The minimum absolute atomic E-state index is 0.0197. The summed E-state index contributed by atoms with van der Waals surface area (Å²) in [4.78, 5) is 29.0. The van der Waals surface area contributed by atoms with E-state index in [1.165, 1.54) is 29.2 Å². The quantitative estimate of drug-likeness (QED) is 0.311. The average molecular weight is 596 g/mol. The van der Waals surface area contributed by atoms with Crippen LogP contribution < -0.4 is 9.62 Å². The maximum Gasteiger partial charge on any atom is 0.264 e. The van der Waals surface area contributed by atoms with Crippen LogP contribution in [0.25, 0.3) is 0 Å². The van der Waals surface area contributed by atoms with E-state index in [2.05, 4.69) is 5.32 Å². The number of hydrogen-bond donors (Lipinski definition) is 1. The van der Waals surface area contributed by atoms with Crippen LogP contribution >= 0.6 is 11.6 Å². The Morgan fingerprint density at radius 3 is 2.29 bits per heavy atom. The Morgan fingerprint density at radius 1 is 0.951 bits per heavy atom. The lowest BCUT2D eigenvalue weighted by molar-refractivity contribution is -0.139. The Morgan fingerprint density at radius 2 is 1.63 bits per heavy atom. The molecular weight excluding hydrogens is 558 g/mol. The number of nitrogens with one attached hydrogen (secondary N) is 1. The molecule has 3 aromatic rings. The highest BCUT2D eigenvalue weighted by molar-refractivity contribution is 7.92. The molecule has 41 heavy (non-hydrogen) atoms. The molecule has 0 bridgehead atoms. The number of carbonyl (C=O) groups excluding carboxylic acids is 2. The van der Waals surface area contributed by atoms with Gasteiger partial charge in [0.25, 0.3) is 10.0 Å². The standard InChI is InChI=1S/C32H38ClN3O4S/c1-23-10-9-12-26(20-23)21-35(25(3)32(38)34-28-13-5-4-6-14-28)31(37)22-36(30-15-8-7-11-24(30)2)41(39,40)29-18-16-27(33)17-19-29/h7-12,15-20,25,28H,4-6,13-14,21-22H2,1-3H3,(H,34,38)/t25-/m1/s1. The normalized spacial score (nSPS) is 14.7. The maximum atomic E-state index is 14.1. The second-order valence-electron chi connectivity index (χ2n) is 10.8. The van der Waals surface area contributed by atoms with Crippen LogP contribution in [0.3, 0.4) is 0 Å². The van der Waals surface area contributed by atoms with Gasteiger partial charge >= 0.3 is 0 Å². The molecule has 4 rings (SSSR count). The summed E-state index contributed by atoms with van der Waals surface area (Å²) in [5.41, 5.74) is 2.98. The number of anilines is 1. The molecule has 0 aromatic heterocycles. The van der Waals surface area contributed by atoms with Gasteiger partial charge in [-0.25, -0.2) is 8.42 Å². The van der Waals surface area contributed by atoms with Gasteiger partial charge in [-0.05, 0) is 75.1 Å². The van der Waals surface area contributed by atoms with Gasteiger partial charge in [0.1, 0.15) is 12.6 Å². The minimum atomic E-state index is -4.14. The second kappa shape index (κ2) is 13.5. The molecule has 7 nitrogen and oxygen atoms in total. The van der Waals surface area contributed by atoms with Crippen molar-refractivity contribution < 1.29 is 18.0 Å². The second-order valence-corrected chi connectivity index (χ2v) is 13.1. The van der Waals surface area contributed by atoms with Crippen LogP contribution in [0, 0.1) is 13.8 Å². The van der Waals surface area contributed by atoms with E-state index in [1.54, 1.807) is 32.0 Å². The highest BCUT2D eigenvalue weighted by atomic mass is 35.5. The number of rotatable bonds is 10. The molecular formula is C32H38ClN3O4S. The van der Waals surface area contributed by atoms with Gasteiger partial charge in [-0.15, -0.1) is 0 Å². The molecule has 1 fully saturated rings. The number of aryl methyl sites for hydroxylation is 2. The molecule has 1 aliphatic rings. The summed E-state index contributed by atoms with van der Waals surface area (Å²) in [7, 11) is -4.14. The van der Waals surface area contributed by atoms with Crippen molar-refractivity contribution >= 4 is 39.1 Å². The van der Waals surface area contributed by atoms with Crippen molar-refractivity contribution in [1.29, 1.82) is 0 Å². The predicted molar refractivity (Wildman–Crippen MR) is 163 cm³/mol. The molecule has 1 atom stereocenters. The van der Waals surface area contributed by atoms with Crippen molar-refractivity contribution in [3.63, 3.8) is 0 Å². The van der Waals surface area contributed by atoms with E-state index in [4.69, 9.17) is 11.6 Å². The number of sulfonamides is 1. The largest absolute Gasteiger partial charge is 0.352 e. The SMILES string of the molecule is Cc1cccc(CN(C(=O)CN(c2ccccc2C)S(=O)(=O)c2ccc(Cl)cc2)[C@H](C)C(=O)NC2CCCCC2)c1. The molecule has 1 N–H and O–H groups in total. The molecule has 0 radical (unpaired) electrons. The molecule has 0 saturated heterocycles. The first kappa shape index (κ1) is 30.6. The third-order valence-corrected chi connectivity index (χ3v) is 9.64. The Hall–Kier alpha value is -3.36. The zero-order chi connectivity index (χ0) is 29.6. The Kier molecular flexibility index (Phi) is 10.1. The van der Waals surface area contributed by atoms with Crippen molar-refractivity contribution in [2.75, 3.05) is 10.8 Å². The number of hydrogen-bond acceptors (Lipinski definition) is 4. The predicted octanol–water partition coefficient (Wildman–Crippen LogP) is 6.02. The fraction of sp³-hybridized carbons (Fsp3) is 0.375. The summed E-state index contributed by atoms with van der Waals surface area (Å²) in [6.07, 6.45) is 5.14. The van der Waals surface area contributed by atoms with E-state index in [0.29, 0.717) is 16.3 Å². The first-order chi connectivity index (χ1) is 19.6. The first-order valence-electron chi connectivity index (χ1n) is 14.1. The van der Waals surface area contributed by atoms with Crippen LogP contribution in [0.15, 0.2) is 77.7 Å². The molecule has 0 aliphatic heterocycles. The fourth-order valence-corrected chi connectivity index (χ4v) is 6.85. The molecule has 0 heterocycles. The third-order valence-electron chi connectivity index (χ3n) is 7.62. The van der Waals surface area contributed by atoms with Crippen LogP contribution in [0.2, 0.25) is 5.02 Å². The van der Waals surface area contributed by atoms with Crippen LogP contribution in [0.4, 0.5) is 5.69 Å². The van der Waals surface area contributed by atoms with Crippen molar-refractivity contribution in [2.45, 2.75) is 76.4 Å². The first-order valence-corrected chi connectivity index (χ1v) is 15.9. The van der Waals surface area contributed by atoms with E-state index >= 15 is 0 Å². The molecule has 218 valence electrons. The van der Waals surface area contributed by atoms with E-state index in [-0.39, 0.29) is 23.4 Å². The number of benzene rings is 3. The van der Waals surface area contributed by atoms with Gasteiger partial charge in [-0.2, -0.15) is 0 Å². The van der Waals surface area contributed by atoms with Gasteiger partial charge < -0.3 is 10.2 Å². The van der Waals surface area contributed by atoms with Gasteiger partial charge in [0.2, 0.25) is 11.8 Å². The lowest BCUT2D eigenvalue weighted by Crippen LogP contribution is -2.53. The number of para-hydroxylation sites is 1. The fourth-order valence-electron chi connectivity index (χ4n) is 5.25. The highest BCUT2D eigenvalue weighted by Crippen LogP contribution is 2.28. The summed E-state index contributed by atoms with van der Waals surface area (Å²) < 4.78 is 29.0. The monoisotopic (exact) mass is 595 g/mol. The number of nitrogens with zero attached hydrogens (tertiary/aromatic N) is 2. The zero-order valence-electron chi connectivity index (χ0n) is 23.8.